The lowest BCUT2D eigenvalue weighted by Crippen LogP contribution is -2.13. The predicted octanol–water partition coefficient (Wildman–Crippen LogP) is 3.72. The molecule has 6 heteroatoms. The number of halogens is 5. The average Bonchev–Trinajstić information content (AvgIpc) is 2.16. The van der Waals surface area contributed by atoms with Gasteiger partial charge in [0, 0.05) is 6.04 Å². The summed E-state index contributed by atoms with van der Waals surface area (Å²) < 4.78 is 49.5. The van der Waals surface area contributed by atoms with Crippen LogP contribution in [0.15, 0.2) is 18.2 Å². The molecule has 0 bridgehead atoms. The van der Waals surface area contributed by atoms with E-state index in [9.17, 15) is 17.6 Å². The summed E-state index contributed by atoms with van der Waals surface area (Å²) in [4.78, 5) is 0. The van der Waals surface area contributed by atoms with Gasteiger partial charge < -0.3 is 5.73 Å². The van der Waals surface area contributed by atoms with Crippen LogP contribution in [0.2, 0.25) is 5.02 Å². The average molecular weight is 256 g/mol. The van der Waals surface area contributed by atoms with Crippen molar-refractivity contribution in [3.63, 3.8) is 0 Å². The highest BCUT2D eigenvalue weighted by Crippen LogP contribution is 2.36. The first kappa shape index (κ1) is 13.3. The predicted molar refractivity (Wildman–Crippen MR) is 54.0 cm³/mol. The quantitative estimate of drug-likeness (QED) is 0.819. The first-order chi connectivity index (χ1) is 7.36. The third-order valence-corrected chi connectivity index (χ3v) is 2.47. The maximum atomic E-state index is 12.5. The monoisotopic (exact) mass is 255 g/mol. The Morgan fingerprint density at radius 3 is 2.44 bits per heavy atom. The van der Waals surface area contributed by atoms with Crippen molar-refractivity contribution in [3.8, 4) is 0 Å². The van der Waals surface area contributed by atoms with Gasteiger partial charge in [0.25, 0.3) is 0 Å². The van der Waals surface area contributed by atoms with Crippen LogP contribution in [-0.2, 0) is 6.18 Å². The normalized spacial score (nSPS) is 13.9. The maximum absolute atomic E-state index is 12.5. The molecule has 0 aliphatic heterocycles. The van der Waals surface area contributed by atoms with Crippen LogP contribution in [0.1, 0.15) is 23.6 Å². The Bertz CT molecular complexity index is 364. The van der Waals surface area contributed by atoms with E-state index in [0.29, 0.717) is 0 Å². The molecule has 0 heterocycles. The van der Waals surface area contributed by atoms with Crippen LogP contribution in [0.5, 0.6) is 0 Å². The lowest BCUT2D eigenvalue weighted by molar-refractivity contribution is -0.137. The molecular weight excluding hydrogens is 246 g/mol. The molecule has 1 aromatic rings. The van der Waals surface area contributed by atoms with Crippen LogP contribution < -0.4 is 5.73 Å². The summed E-state index contributed by atoms with van der Waals surface area (Å²) in [6, 6.07) is 2.61. The lowest BCUT2D eigenvalue weighted by atomic mass is 10.0. The lowest BCUT2D eigenvalue weighted by Gasteiger charge is -2.14. The van der Waals surface area contributed by atoms with Crippen LogP contribution in [0, 0.1) is 0 Å². The van der Waals surface area contributed by atoms with Gasteiger partial charge in [-0.2, -0.15) is 13.2 Å². The van der Waals surface area contributed by atoms with E-state index in [0.717, 1.165) is 12.1 Å². The largest absolute Gasteiger partial charge is 0.417 e. The minimum atomic E-state index is -4.53. The summed E-state index contributed by atoms with van der Waals surface area (Å²) in [6.07, 6.45) is -4.54. The Hall–Kier alpha value is -0.810. The number of hydrogen-bond acceptors (Lipinski definition) is 1. The van der Waals surface area contributed by atoms with Gasteiger partial charge in [-0.25, -0.2) is 0 Å². The molecule has 0 amide bonds. The standard InChI is InChI=1S/C10H10ClF4N/c11-8-2-1-6(9(16)3-4-12)5-7(8)10(13,14)15/h1-2,5,9H,3-4,16H2/t9-/m1/s1. The molecule has 16 heavy (non-hydrogen) atoms. The van der Waals surface area contributed by atoms with Crippen LogP contribution in [-0.4, -0.2) is 6.67 Å². The van der Waals surface area contributed by atoms with Gasteiger partial charge in [-0.15, -0.1) is 0 Å². The molecule has 0 saturated carbocycles. The number of rotatable bonds is 3. The molecule has 0 unspecified atom stereocenters. The second-order valence-corrected chi connectivity index (χ2v) is 3.73. The number of alkyl halides is 4. The van der Waals surface area contributed by atoms with E-state index in [1.54, 1.807) is 0 Å². The van der Waals surface area contributed by atoms with Gasteiger partial charge in [0.05, 0.1) is 17.3 Å². The SMILES string of the molecule is N[C@H](CCF)c1ccc(Cl)c(C(F)(F)F)c1. The van der Waals surface area contributed by atoms with Gasteiger partial charge in [0.15, 0.2) is 0 Å². The molecule has 0 aromatic heterocycles. The highest BCUT2D eigenvalue weighted by molar-refractivity contribution is 6.31. The summed E-state index contributed by atoms with van der Waals surface area (Å²) in [5.41, 5.74) is 4.80. The highest BCUT2D eigenvalue weighted by Gasteiger charge is 2.33. The zero-order valence-electron chi connectivity index (χ0n) is 8.19. The summed E-state index contributed by atoms with van der Waals surface area (Å²) in [5, 5.41) is -0.385. The fourth-order valence-electron chi connectivity index (χ4n) is 1.27. The second-order valence-electron chi connectivity index (χ2n) is 3.32. The molecule has 0 saturated heterocycles. The van der Waals surface area contributed by atoms with E-state index in [1.807, 2.05) is 0 Å². The summed E-state index contributed by atoms with van der Waals surface area (Å²) in [5.74, 6) is 0. The van der Waals surface area contributed by atoms with E-state index in [1.165, 1.54) is 6.07 Å². The van der Waals surface area contributed by atoms with Gasteiger partial charge >= 0.3 is 6.18 Å². The smallest absolute Gasteiger partial charge is 0.324 e. The molecule has 1 atom stereocenters. The molecular formula is C10H10ClF4N. The fraction of sp³-hybridized carbons (Fsp3) is 0.400. The molecule has 0 spiro atoms. The van der Waals surface area contributed by atoms with Crippen molar-refractivity contribution in [1.29, 1.82) is 0 Å². The van der Waals surface area contributed by atoms with Crippen molar-refractivity contribution in [3.05, 3.63) is 34.3 Å². The third-order valence-electron chi connectivity index (χ3n) is 2.14. The number of benzene rings is 1. The third kappa shape index (κ3) is 3.09. The second kappa shape index (κ2) is 5.01. The Morgan fingerprint density at radius 2 is 1.94 bits per heavy atom. The van der Waals surface area contributed by atoms with Gasteiger partial charge in [-0.05, 0) is 24.1 Å². The van der Waals surface area contributed by atoms with Crippen LogP contribution in [0.25, 0.3) is 0 Å². The van der Waals surface area contributed by atoms with E-state index < -0.39 is 24.5 Å². The Balaban J connectivity index is 3.07. The topological polar surface area (TPSA) is 26.0 Å². The van der Waals surface area contributed by atoms with Crippen molar-refractivity contribution in [2.45, 2.75) is 18.6 Å². The van der Waals surface area contributed by atoms with E-state index in [-0.39, 0.29) is 17.0 Å². The molecule has 1 rings (SSSR count). The maximum Gasteiger partial charge on any atom is 0.417 e. The molecule has 1 nitrogen and oxygen atoms in total. The minimum Gasteiger partial charge on any atom is -0.324 e. The van der Waals surface area contributed by atoms with E-state index in [2.05, 4.69) is 0 Å². The van der Waals surface area contributed by atoms with Gasteiger partial charge in [0.2, 0.25) is 0 Å². The number of hydrogen-bond donors (Lipinski definition) is 1. The summed E-state index contributed by atoms with van der Waals surface area (Å²) in [6.45, 7) is -0.675. The van der Waals surface area contributed by atoms with Crippen LogP contribution >= 0.6 is 11.6 Å². The van der Waals surface area contributed by atoms with E-state index >= 15 is 0 Å². The summed E-state index contributed by atoms with van der Waals surface area (Å²) >= 11 is 5.43. The molecule has 0 fully saturated rings. The fourth-order valence-corrected chi connectivity index (χ4v) is 1.50. The zero-order chi connectivity index (χ0) is 12.3. The van der Waals surface area contributed by atoms with Crippen molar-refractivity contribution < 1.29 is 17.6 Å². The van der Waals surface area contributed by atoms with Crippen molar-refractivity contribution in [1.82, 2.24) is 0 Å². The zero-order valence-corrected chi connectivity index (χ0v) is 8.95. The molecule has 0 aliphatic carbocycles. The van der Waals surface area contributed by atoms with Crippen LogP contribution in [0.4, 0.5) is 17.6 Å². The van der Waals surface area contributed by atoms with Crippen molar-refractivity contribution in [2.24, 2.45) is 5.73 Å². The Kier molecular flexibility index (Phi) is 4.15. The highest BCUT2D eigenvalue weighted by atomic mass is 35.5. The first-order valence-electron chi connectivity index (χ1n) is 4.54. The van der Waals surface area contributed by atoms with Crippen LogP contribution in [0.3, 0.4) is 0 Å². The molecule has 0 aliphatic rings. The van der Waals surface area contributed by atoms with Gasteiger partial charge in [-0.3, -0.25) is 4.39 Å². The van der Waals surface area contributed by atoms with Gasteiger partial charge in [-0.1, -0.05) is 17.7 Å². The minimum absolute atomic E-state index is 0.0150. The first-order valence-corrected chi connectivity index (χ1v) is 4.92. The van der Waals surface area contributed by atoms with Crippen molar-refractivity contribution >= 4 is 11.6 Å². The Labute approximate surface area is 95.2 Å². The Morgan fingerprint density at radius 1 is 1.31 bits per heavy atom. The summed E-state index contributed by atoms with van der Waals surface area (Å²) in [7, 11) is 0. The molecule has 1 aromatic carbocycles. The van der Waals surface area contributed by atoms with Crippen molar-refractivity contribution in [2.75, 3.05) is 6.67 Å². The molecule has 0 radical (unpaired) electrons. The van der Waals surface area contributed by atoms with Gasteiger partial charge in [0.1, 0.15) is 0 Å². The van der Waals surface area contributed by atoms with E-state index in [4.69, 9.17) is 17.3 Å². The number of nitrogens with two attached hydrogens (primary N) is 1. The molecule has 90 valence electrons. The molecule has 2 N–H and O–H groups in total.